The van der Waals surface area contributed by atoms with E-state index in [1.54, 1.807) is 0 Å². The van der Waals surface area contributed by atoms with E-state index in [1.807, 2.05) is 0 Å². The Kier molecular flexibility index (Phi) is 6.70. The Morgan fingerprint density at radius 3 is 2.39 bits per heavy atom. The van der Waals surface area contributed by atoms with Crippen LogP contribution >= 0.6 is 0 Å². The summed E-state index contributed by atoms with van der Waals surface area (Å²) in [5, 5.41) is 0. The molecule has 0 aromatic rings. The lowest BCUT2D eigenvalue weighted by atomic mass is 9.87. The van der Waals surface area contributed by atoms with Gasteiger partial charge in [-0.25, -0.2) is 0 Å². The molecule has 1 fully saturated rings. The van der Waals surface area contributed by atoms with Crippen molar-refractivity contribution in [3.8, 4) is 0 Å². The van der Waals surface area contributed by atoms with Crippen molar-refractivity contribution in [2.75, 3.05) is 6.54 Å². The number of hydrogen-bond acceptors (Lipinski definition) is 1. The zero-order chi connectivity index (χ0) is 13.6. The van der Waals surface area contributed by atoms with Crippen molar-refractivity contribution in [1.29, 1.82) is 0 Å². The van der Waals surface area contributed by atoms with E-state index in [1.165, 1.54) is 57.9 Å². The molecule has 1 heterocycles. The van der Waals surface area contributed by atoms with Crippen molar-refractivity contribution in [3.05, 3.63) is 0 Å². The number of hydrogen-bond donors (Lipinski definition) is 0. The van der Waals surface area contributed by atoms with Gasteiger partial charge in [-0.1, -0.05) is 47.0 Å². The molecular formula is C17H35N. The van der Waals surface area contributed by atoms with Crippen LogP contribution in [0.4, 0.5) is 0 Å². The van der Waals surface area contributed by atoms with Crippen molar-refractivity contribution in [2.24, 2.45) is 5.92 Å². The van der Waals surface area contributed by atoms with Crippen LogP contribution in [-0.4, -0.2) is 23.0 Å². The molecule has 108 valence electrons. The molecule has 3 atom stereocenters. The molecule has 0 N–H and O–H groups in total. The van der Waals surface area contributed by atoms with Gasteiger partial charge >= 0.3 is 0 Å². The Hall–Kier alpha value is -0.0400. The molecule has 0 spiro atoms. The van der Waals surface area contributed by atoms with Crippen LogP contribution in [0.5, 0.6) is 0 Å². The average Bonchev–Trinajstić information content (AvgIpc) is 2.73. The molecule has 0 radical (unpaired) electrons. The van der Waals surface area contributed by atoms with Gasteiger partial charge < -0.3 is 0 Å². The van der Waals surface area contributed by atoms with Gasteiger partial charge in [-0.05, 0) is 51.5 Å². The molecule has 1 nitrogen and oxygen atoms in total. The quantitative estimate of drug-likeness (QED) is 0.571. The monoisotopic (exact) mass is 253 g/mol. The first-order valence-corrected chi connectivity index (χ1v) is 8.35. The normalized spacial score (nSPS) is 28.5. The summed E-state index contributed by atoms with van der Waals surface area (Å²) in [6, 6.07) is 0.831. The first-order chi connectivity index (χ1) is 8.59. The maximum atomic E-state index is 2.88. The highest BCUT2D eigenvalue weighted by Gasteiger charge is 2.40. The van der Waals surface area contributed by atoms with Gasteiger partial charge in [-0.2, -0.15) is 0 Å². The maximum Gasteiger partial charge on any atom is 0.0182 e. The minimum atomic E-state index is 0.487. The number of likely N-dealkylation sites (tertiary alicyclic amines) is 1. The fourth-order valence-corrected chi connectivity index (χ4v) is 3.80. The third kappa shape index (κ3) is 3.73. The topological polar surface area (TPSA) is 3.24 Å². The van der Waals surface area contributed by atoms with Gasteiger partial charge in [0.1, 0.15) is 0 Å². The Morgan fingerprint density at radius 2 is 1.83 bits per heavy atom. The second-order valence-electron chi connectivity index (χ2n) is 6.62. The second kappa shape index (κ2) is 7.53. The van der Waals surface area contributed by atoms with Crippen LogP contribution in [0.15, 0.2) is 0 Å². The van der Waals surface area contributed by atoms with Gasteiger partial charge in [0.05, 0.1) is 0 Å². The minimum absolute atomic E-state index is 0.487. The number of unbranched alkanes of at least 4 members (excludes halogenated alkanes) is 1. The molecule has 3 unspecified atom stereocenters. The second-order valence-corrected chi connectivity index (χ2v) is 6.62. The highest BCUT2D eigenvalue weighted by molar-refractivity contribution is 4.95. The number of rotatable bonds is 8. The predicted molar refractivity (Wildman–Crippen MR) is 82.0 cm³/mol. The first-order valence-electron chi connectivity index (χ1n) is 8.35. The molecule has 0 saturated carbocycles. The molecule has 18 heavy (non-hydrogen) atoms. The van der Waals surface area contributed by atoms with Crippen LogP contribution in [0, 0.1) is 5.92 Å². The lowest BCUT2D eigenvalue weighted by Gasteiger charge is -2.43. The van der Waals surface area contributed by atoms with Gasteiger partial charge in [-0.3, -0.25) is 4.90 Å². The summed E-state index contributed by atoms with van der Waals surface area (Å²) in [6.45, 7) is 13.4. The smallest absolute Gasteiger partial charge is 0.0182 e. The highest BCUT2D eigenvalue weighted by atomic mass is 15.2. The van der Waals surface area contributed by atoms with Crippen LogP contribution in [-0.2, 0) is 0 Å². The van der Waals surface area contributed by atoms with Crippen LogP contribution in [0.25, 0.3) is 0 Å². The first kappa shape index (κ1) is 16.0. The lowest BCUT2D eigenvalue weighted by molar-refractivity contribution is 0.0567. The molecule has 0 amide bonds. The number of nitrogens with zero attached hydrogens (tertiary/aromatic N) is 1. The lowest BCUT2D eigenvalue weighted by Crippen LogP contribution is -2.49. The summed E-state index contributed by atoms with van der Waals surface area (Å²) in [6.07, 6.45) is 11.0. The molecular weight excluding hydrogens is 218 g/mol. The van der Waals surface area contributed by atoms with Gasteiger partial charge in [0.25, 0.3) is 0 Å². The molecule has 1 rings (SSSR count). The van der Waals surface area contributed by atoms with Crippen LogP contribution < -0.4 is 0 Å². The molecule has 0 bridgehead atoms. The van der Waals surface area contributed by atoms with Gasteiger partial charge in [0.2, 0.25) is 0 Å². The predicted octanol–water partition coefficient (Wildman–Crippen LogP) is 5.25. The zero-order valence-electron chi connectivity index (χ0n) is 13.5. The third-order valence-electron chi connectivity index (χ3n) is 5.22. The van der Waals surface area contributed by atoms with E-state index in [-0.39, 0.29) is 0 Å². The van der Waals surface area contributed by atoms with Crippen LogP contribution in [0.2, 0.25) is 0 Å². The van der Waals surface area contributed by atoms with Crippen LogP contribution in [0.1, 0.15) is 86.0 Å². The molecule has 1 aliphatic heterocycles. The molecule has 0 aromatic heterocycles. The van der Waals surface area contributed by atoms with Crippen molar-refractivity contribution >= 4 is 0 Å². The fraction of sp³-hybridized carbons (Fsp3) is 1.00. The van der Waals surface area contributed by atoms with Gasteiger partial charge in [0, 0.05) is 11.6 Å². The Balaban J connectivity index is 2.74. The minimum Gasteiger partial charge on any atom is -0.295 e. The zero-order valence-corrected chi connectivity index (χ0v) is 13.5. The van der Waals surface area contributed by atoms with Gasteiger partial charge in [0.15, 0.2) is 0 Å². The van der Waals surface area contributed by atoms with Crippen LogP contribution in [0.3, 0.4) is 0 Å². The molecule has 0 aromatic carbocycles. The van der Waals surface area contributed by atoms with Gasteiger partial charge in [-0.15, -0.1) is 0 Å². The summed E-state index contributed by atoms with van der Waals surface area (Å²) in [5.41, 5.74) is 0.487. The molecule has 1 aliphatic rings. The standard InChI is InChI=1S/C17H35N/c1-6-9-12-16(15(4)11-7-2)18-14-10-13-17(18,5)8-3/h15-16H,6-14H2,1-5H3. The molecule has 0 aliphatic carbocycles. The van der Waals surface area contributed by atoms with Crippen molar-refractivity contribution in [3.63, 3.8) is 0 Å². The van der Waals surface area contributed by atoms with E-state index in [0.29, 0.717) is 5.54 Å². The summed E-state index contributed by atoms with van der Waals surface area (Å²) in [5.74, 6) is 0.866. The SMILES string of the molecule is CCCCC(C(C)CCC)N1CCCC1(C)CC. The van der Waals surface area contributed by atoms with Crippen molar-refractivity contribution in [1.82, 2.24) is 4.90 Å². The summed E-state index contributed by atoms with van der Waals surface area (Å²) < 4.78 is 0. The van der Waals surface area contributed by atoms with E-state index in [0.717, 1.165) is 12.0 Å². The summed E-state index contributed by atoms with van der Waals surface area (Å²) in [7, 11) is 0. The summed E-state index contributed by atoms with van der Waals surface area (Å²) in [4.78, 5) is 2.88. The Labute approximate surface area is 115 Å². The molecule has 1 heteroatoms. The van der Waals surface area contributed by atoms with E-state index in [9.17, 15) is 0 Å². The largest absolute Gasteiger partial charge is 0.295 e. The third-order valence-corrected chi connectivity index (χ3v) is 5.22. The fourth-order valence-electron chi connectivity index (χ4n) is 3.80. The Morgan fingerprint density at radius 1 is 1.11 bits per heavy atom. The average molecular weight is 253 g/mol. The highest BCUT2D eigenvalue weighted by Crippen LogP contribution is 2.37. The molecule has 1 saturated heterocycles. The Bertz CT molecular complexity index is 226. The van der Waals surface area contributed by atoms with E-state index >= 15 is 0 Å². The maximum absolute atomic E-state index is 2.88. The van der Waals surface area contributed by atoms with E-state index in [4.69, 9.17) is 0 Å². The summed E-state index contributed by atoms with van der Waals surface area (Å²) >= 11 is 0. The van der Waals surface area contributed by atoms with E-state index < -0.39 is 0 Å². The van der Waals surface area contributed by atoms with E-state index in [2.05, 4.69) is 39.5 Å². The van der Waals surface area contributed by atoms with Crippen molar-refractivity contribution < 1.29 is 0 Å². The van der Waals surface area contributed by atoms with Crippen molar-refractivity contribution in [2.45, 2.75) is 97.6 Å².